The zero-order chi connectivity index (χ0) is 20.0. The van der Waals surface area contributed by atoms with Gasteiger partial charge in [-0.2, -0.15) is 0 Å². The average molecular weight is 414 g/mol. The topological polar surface area (TPSA) is 71.4 Å². The summed E-state index contributed by atoms with van der Waals surface area (Å²) >= 11 is 12.0. The molecule has 8 heteroatoms. The van der Waals surface area contributed by atoms with Crippen LogP contribution < -0.4 is 10.2 Å². The van der Waals surface area contributed by atoms with Crippen LogP contribution in [-0.4, -0.2) is 22.3 Å². The molecule has 2 aromatic carbocycles. The summed E-state index contributed by atoms with van der Waals surface area (Å²) in [5.74, 6) is -1.22. The number of rotatable bonds is 3. The Kier molecular flexibility index (Phi) is 4.45. The van der Waals surface area contributed by atoms with Crippen molar-refractivity contribution in [3.8, 4) is 0 Å². The summed E-state index contributed by atoms with van der Waals surface area (Å²) in [5.41, 5.74) is 1.78. The van der Waals surface area contributed by atoms with Crippen LogP contribution in [0.15, 0.2) is 54.6 Å². The van der Waals surface area contributed by atoms with Gasteiger partial charge in [0.25, 0.3) is 17.7 Å². The van der Waals surface area contributed by atoms with E-state index in [1.165, 1.54) is 10.6 Å². The molecule has 0 unspecified atom stereocenters. The summed E-state index contributed by atoms with van der Waals surface area (Å²) in [6.45, 7) is 0. The summed E-state index contributed by atoms with van der Waals surface area (Å²) in [5, 5.41) is 3.26. The van der Waals surface area contributed by atoms with Crippen molar-refractivity contribution in [2.24, 2.45) is 7.05 Å². The summed E-state index contributed by atoms with van der Waals surface area (Å²) in [6.07, 6.45) is 0. The maximum absolute atomic E-state index is 12.6. The Morgan fingerprint density at radius 1 is 0.929 bits per heavy atom. The van der Waals surface area contributed by atoms with Crippen molar-refractivity contribution in [3.05, 3.63) is 81.6 Å². The number of hydrogen-bond donors (Lipinski definition) is 1. The van der Waals surface area contributed by atoms with Crippen LogP contribution in [0.3, 0.4) is 0 Å². The van der Waals surface area contributed by atoms with Crippen molar-refractivity contribution < 1.29 is 14.4 Å². The SMILES string of the molecule is Cn1c(C(=O)Nc2cccc(N3C(=O)c4ccccc4C3=O)c2)cc(Cl)c1Cl. The zero-order valence-electron chi connectivity index (χ0n) is 14.6. The lowest BCUT2D eigenvalue weighted by Gasteiger charge is -2.15. The molecule has 0 bridgehead atoms. The van der Waals surface area contributed by atoms with E-state index in [2.05, 4.69) is 5.32 Å². The highest BCUT2D eigenvalue weighted by atomic mass is 35.5. The Hall–Kier alpha value is -3.09. The van der Waals surface area contributed by atoms with Crippen LogP contribution in [-0.2, 0) is 7.05 Å². The van der Waals surface area contributed by atoms with E-state index in [1.54, 1.807) is 55.6 Å². The van der Waals surface area contributed by atoms with Gasteiger partial charge in [-0.15, -0.1) is 0 Å². The molecular formula is C20H13Cl2N3O3. The number of imide groups is 1. The molecule has 1 aromatic heterocycles. The third-order valence-electron chi connectivity index (χ3n) is 4.51. The number of anilines is 2. The first-order valence-electron chi connectivity index (χ1n) is 8.28. The molecule has 3 aromatic rings. The molecule has 1 N–H and O–H groups in total. The maximum Gasteiger partial charge on any atom is 0.272 e. The zero-order valence-corrected chi connectivity index (χ0v) is 16.1. The van der Waals surface area contributed by atoms with Crippen LogP contribution >= 0.6 is 23.2 Å². The van der Waals surface area contributed by atoms with E-state index in [9.17, 15) is 14.4 Å². The van der Waals surface area contributed by atoms with Crippen LogP contribution in [0.25, 0.3) is 0 Å². The molecule has 0 atom stereocenters. The van der Waals surface area contributed by atoms with Crippen molar-refractivity contribution in [2.75, 3.05) is 10.2 Å². The highest BCUT2D eigenvalue weighted by Crippen LogP contribution is 2.30. The van der Waals surface area contributed by atoms with E-state index in [-0.39, 0.29) is 15.9 Å². The Bertz CT molecular complexity index is 1120. The van der Waals surface area contributed by atoms with Crippen molar-refractivity contribution >= 4 is 52.3 Å². The Morgan fingerprint density at radius 3 is 2.14 bits per heavy atom. The van der Waals surface area contributed by atoms with Gasteiger partial charge in [0.2, 0.25) is 0 Å². The Balaban J connectivity index is 1.62. The number of amides is 3. The molecule has 4 rings (SSSR count). The van der Waals surface area contributed by atoms with Crippen LogP contribution in [0.2, 0.25) is 10.2 Å². The third kappa shape index (κ3) is 2.87. The molecule has 2 heterocycles. The lowest BCUT2D eigenvalue weighted by Crippen LogP contribution is -2.29. The number of benzene rings is 2. The minimum absolute atomic E-state index is 0.256. The van der Waals surface area contributed by atoms with Crippen LogP contribution in [0.5, 0.6) is 0 Å². The molecule has 1 aliphatic rings. The molecule has 0 fully saturated rings. The molecular weight excluding hydrogens is 401 g/mol. The summed E-state index contributed by atoms with van der Waals surface area (Å²) < 4.78 is 1.47. The second-order valence-corrected chi connectivity index (χ2v) is 6.99. The number of aromatic nitrogens is 1. The molecule has 1 aliphatic heterocycles. The van der Waals surface area contributed by atoms with Gasteiger partial charge >= 0.3 is 0 Å². The van der Waals surface area contributed by atoms with Crippen LogP contribution in [0.4, 0.5) is 11.4 Å². The number of halogens is 2. The summed E-state index contributed by atoms with van der Waals surface area (Å²) in [7, 11) is 1.62. The molecule has 140 valence electrons. The molecule has 3 amide bonds. The predicted octanol–water partition coefficient (Wildman–Crippen LogP) is 4.38. The lowest BCUT2D eigenvalue weighted by molar-refractivity contribution is 0.0925. The number of nitrogens with one attached hydrogen (secondary N) is 1. The van der Waals surface area contributed by atoms with E-state index < -0.39 is 17.7 Å². The predicted molar refractivity (Wildman–Crippen MR) is 107 cm³/mol. The molecule has 0 saturated carbocycles. The fourth-order valence-electron chi connectivity index (χ4n) is 3.10. The fourth-order valence-corrected chi connectivity index (χ4v) is 3.48. The highest BCUT2D eigenvalue weighted by Gasteiger charge is 2.36. The van der Waals surface area contributed by atoms with E-state index in [0.717, 1.165) is 4.90 Å². The Labute approximate surface area is 170 Å². The number of nitrogens with zero attached hydrogens (tertiary/aromatic N) is 2. The van der Waals surface area contributed by atoms with Crippen molar-refractivity contribution in [1.82, 2.24) is 4.57 Å². The van der Waals surface area contributed by atoms with Crippen molar-refractivity contribution in [1.29, 1.82) is 0 Å². The molecule has 0 radical (unpaired) electrons. The highest BCUT2D eigenvalue weighted by molar-refractivity contribution is 6.42. The normalized spacial score (nSPS) is 13.0. The van der Waals surface area contributed by atoms with Gasteiger partial charge < -0.3 is 9.88 Å². The minimum Gasteiger partial charge on any atom is -0.329 e. The second kappa shape index (κ2) is 6.82. The van der Waals surface area contributed by atoms with Crippen molar-refractivity contribution in [3.63, 3.8) is 0 Å². The average Bonchev–Trinajstić information content (AvgIpc) is 3.10. The van der Waals surface area contributed by atoms with Gasteiger partial charge in [0.1, 0.15) is 10.8 Å². The van der Waals surface area contributed by atoms with E-state index in [4.69, 9.17) is 23.2 Å². The summed E-state index contributed by atoms with van der Waals surface area (Å²) in [4.78, 5) is 38.9. The van der Waals surface area contributed by atoms with Gasteiger partial charge in [-0.1, -0.05) is 41.4 Å². The van der Waals surface area contributed by atoms with E-state index in [1.807, 2.05) is 0 Å². The van der Waals surface area contributed by atoms with Crippen molar-refractivity contribution in [2.45, 2.75) is 0 Å². The molecule has 0 saturated heterocycles. The Morgan fingerprint density at radius 2 is 1.57 bits per heavy atom. The van der Waals surface area contributed by atoms with Gasteiger partial charge in [0.15, 0.2) is 0 Å². The van der Waals surface area contributed by atoms with Gasteiger partial charge in [0.05, 0.1) is 21.8 Å². The fraction of sp³-hybridized carbons (Fsp3) is 0.0500. The number of hydrogen-bond acceptors (Lipinski definition) is 3. The molecule has 6 nitrogen and oxygen atoms in total. The number of fused-ring (bicyclic) bond motifs is 1. The van der Waals surface area contributed by atoms with Gasteiger partial charge in [0, 0.05) is 12.7 Å². The van der Waals surface area contributed by atoms with E-state index in [0.29, 0.717) is 22.5 Å². The second-order valence-electron chi connectivity index (χ2n) is 6.22. The molecule has 0 spiro atoms. The van der Waals surface area contributed by atoms with Gasteiger partial charge in [-0.3, -0.25) is 14.4 Å². The lowest BCUT2D eigenvalue weighted by atomic mass is 10.1. The third-order valence-corrected chi connectivity index (χ3v) is 5.35. The standard InChI is InChI=1S/C20H13Cl2N3O3/c1-24-16(10-15(21)17(24)22)18(26)23-11-5-4-6-12(9-11)25-19(27)13-7-2-3-8-14(13)20(25)28/h2-10H,1H3,(H,23,26). The first-order chi connectivity index (χ1) is 13.4. The first-order valence-corrected chi connectivity index (χ1v) is 9.04. The van der Waals surface area contributed by atoms with Gasteiger partial charge in [-0.05, 0) is 36.4 Å². The van der Waals surface area contributed by atoms with Crippen LogP contribution in [0.1, 0.15) is 31.2 Å². The largest absolute Gasteiger partial charge is 0.329 e. The molecule has 0 aliphatic carbocycles. The summed E-state index contributed by atoms with van der Waals surface area (Å²) in [6, 6.07) is 14.6. The van der Waals surface area contributed by atoms with Gasteiger partial charge in [-0.25, -0.2) is 4.90 Å². The molecule has 28 heavy (non-hydrogen) atoms. The number of carbonyl (C=O) groups is 3. The first kappa shape index (κ1) is 18.3. The number of carbonyl (C=O) groups excluding carboxylic acids is 3. The van der Waals surface area contributed by atoms with Crippen LogP contribution in [0, 0.1) is 0 Å². The quantitative estimate of drug-likeness (QED) is 0.647. The maximum atomic E-state index is 12.6. The monoisotopic (exact) mass is 413 g/mol. The van der Waals surface area contributed by atoms with E-state index >= 15 is 0 Å². The minimum atomic E-state index is -0.421. The smallest absolute Gasteiger partial charge is 0.272 e.